The molecule has 0 fully saturated rings. The Bertz CT molecular complexity index is 493. The number of aromatic amines is 1. The third-order valence-corrected chi connectivity index (χ3v) is 3.77. The number of H-pyrrole nitrogens is 1. The highest BCUT2D eigenvalue weighted by Crippen LogP contribution is 2.27. The summed E-state index contributed by atoms with van der Waals surface area (Å²) in [5.41, 5.74) is 7.57. The number of benzene rings is 1. The van der Waals surface area contributed by atoms with Crippen LogP contribution in [0.25, 0.3) is 11.3 Å². The van der Waals surface area contributed by atoms with Crippen LogP contribution in [0, 0.1) is 0 Å². The van der Waals surface area contributed by atoms with Crippen molar-refractivity contribution in [1.82, 2.24) is 9.97 Å². The highest BCUT2D eigenvalue weighted by atomic mass is 79.9. The van der Waals surface area contributed by atoms with Crippen LogP contribution < -0.4 is 5.73 Å². The quantitative estimate of drug-likeness (QED) is 0.853. The number of aromatic nitrogens is 2. The van der Waals surface area contributed by atoms with E-state index in [4.69, 9.17) is 5.73 Å². The van der Waals surface area contributed by atoms with Crippen molar-refractivity contribution >= 4 is 27.7 Å². The summed E-state index contributed by atoms with van der Waals surface area (Å²) in [5.74, 6) is 0.920. The Morgan fingerprint density at radius 3 is 2.65 bits per heavy atom. The number of nitrogens with two attached hydrogens (primary N) is 1. The van der Waals surface area contributed by atoms with Crippen molar-refractivity contribution in [1.29, 1.82) is 0 Å². The van der Waals surface area contributed by atoms with E-state index in [1.165, 1.54) is 4.90 Å². The van der Waals surface area contributed by atoms with Gasteiger partial charge in [-0.05, 0) is 40.9 Å². The molecule has 0 amide bonds. The Kier molecular flexibility index (Phi) is 4.25. The van der Waals surface area contributed by atoms with Gasteiger partial charge < -0.3 is 10.7 Å². The van der Waals surface area contributed by atoms with Gasteiger partial charge in [-0.15, -0.1) is 11.8 Å². The third kappa shape index (κ3) is 2.91. The number of halogens is 1. The molecular formula is C12H14BrN3S. The summed E-state index contributed by atoms with van der Waals surface area (Å²) in [7, 11) is 0. The molecule has 0 bridgehead atoms. The Morgan fingerprint density at radius 2 is 2.06 bits per heavy atom. The zero-order chi connectivity index (χ0) is 12.3. The van der Waals surface area contributed by atoms with E-state index in [0.717, 1.165) is 28.1 Å². The number of hydrogen-bond donors (Lipinski definition) is 2. The van der Waals surface area contributed by atoms with Crippen LogP contribution in [0.2, 0.25) is 0 Å². The van der Waals surface area contributed by atoms with Gasteiger partial charge in [0.1, 0.15) is 16.1 Å². The Labute approximate surface area is 113 Å². The van der Waals surface area contributed by atoms with Gasteiger partial charge in [0, 0.05) is 16.9 Å². The van der Waals surface area contributed by atoms with E-state index in [1.807, 2.05) is 0 Å². The molecule has 1 heterocycles. The number of hydrogen-bond acceptors (Lipinski definition) is 3. The van der Waals surface area contributed by atoms with E-state index in [9.17, 15) is 0 Å². The second-order valence-electron chi connectivity index (χ2n) is 3.61. The molecule has 0 radical (unpaired) electrons. The molecule has 0 spiro atoms. The predicted molar refractivity (Wildman–Crippen MR) is 76.3 cm³/mol. The molecular weight excluding hydrogens is 298 g/mol. The molecule has 0 saturated heterocycles. The second kappa shape index (κ2) is 5.71. The molecule has 1 aromatic carbocycles. The van der Waals surface area contributed by atoms with Gasteiger partial charge in [-0.25, -0.2) is 4.98 Å². The minimum atomic E-state index is 0.602. The number of thioether (sulfide) groups is 1. The van der Waals surface area contributed by atoms with Crippen LogP contribution in [-0.2, 0) is 6.42 Å². The lowest BCUT2D eigenvalue weighted by atomic mass is 10.2. The van der Waals surface area contributed by atoms with Crippen LogP contribution >= 0.6 is 27.7 Å². The molecule has 0 atom stereocenters. The van der Waals surface area contributed by atoms with Gasteiger partial charge in [0.2, 0.25) is 0 Å². The number of nitrogens with zero attached hydrogens (tertiary/aromatic N) is 1. The van der Waals surface area contributed by atoms with Gasteiger partial charge in [-0.3, -0.25) is 0 Å². The van der Waals surface area contributed by atoms with Crippen molar-refractivity contribution in [3.8, 4) is 11.3 Å². The lowest BCUT2D eigenvalue weighted by Gasteiger charge is -1.99. The summed E-state index contributed by atoms with van der Waals surface area (Å²) < 4.78 is 0.915. The van der Waals surface area contributed by atoms with Crippen molar-refractivity contribution in [2.24, 2.45) is 5.73 Å². The van der Waals surface area contributed by atoms with Crippen LogP contribution in [0.5, 0.6) is 0 Å². The van der Waals surface area contributed by atoms with Crippen molar-refractivity contribution in [3.63, 3.8) is 0 Å². The Hall–Kier alpha value is -0.780. The SMILES string of the molecule is CSc1ccc(-c2nc(CCN)[nH]c2Br)cc1. The first-order valence-corrected chi connectivity index (χ1v) is 7.35. The minimum Gasteiger partial charge on any atom is -0.336 e. The molecule has 0 aliphatic rings. The summed E-state index contributed by atoms with van der Waals surface area (Å²) in [6.07, 6.45) is 2.83. The topological polar surface area (TPSA) is 54.7 Å². The largest absolute Gasteiger partial charge is 0.336 e. The highest BCUT2D eigenvalue weighted by molar-refractivity contribution is 9.10. The summed E-state index contributed by atoms with van der Waals surface area (Å²) in [4.78, 5) is 8.98. The first-order chi connectivity index (χ1) is 8.24. The Balaban J connectivity index is 2.31. The van der Waals surface area contributed by atoms with Gasteiger partial charge in [-0.2, -0.15) is 0 Å². The van der Waals surface area contributed by atoms with E-state index < -0.39 is 0 Å². The average Bonchev–Trinajstić information content (AvgIpc) is 2.71. The lowest BCUT2D eigenvalue weighted by molar-refractivity contribution is 0.893. The maximum Gasteiger partial charge on any atom is 0.110 e. The zero-order valence-electron chi connectivity index (χ0n) is 9.53. The molecule has 2 aromatic rings. The standard InChI is InChI=1S/C12H14BrN3S/c1-17-9-4-2-8(3-5-9)11-12(13)16-10(15-11)6-7-14/h2-5H,6-7,14H2,1H3,(H,15,16). The van der Waals surface area contributed by atoms with Crippen molar-refractivity contribution < 1.29 is 0 Å². The van der Waals surface area contributed by atoms with Gasteiger partial charge >= 0.3 is 0 Å². The predicted octanol–water partition coefficient (Wildman–Crippen LogP) is 3.06. The van der Waals surface area contributed by atoms with Crippen molar-refractivity contribution in [2.45, 2.75) is 11.3 Å². The number of imidazole rings is 1. The number of nitrogens with one attached hydrogen (secondary N) is 1. The molecule has 0 saturated carbocycles. The average molecular weight is 312 g/mol. The number of rotatable bonds is 4. The molecule has 1 aromatic heterocycles. The lowest BCUT2D eigenvalue weighted by Crippen LogP contribution is -2.03. The minimum absolute atomic E-state index is 0.602. The molecule has 0 aliphatic heterocycles. The second-order valence-corrected chi connectivity index (χ2v) is 5.29. The van der Waals surface area contributed by atoms with Gasteiger partial charge in [0.25, 0.3) is 0 Å². The van der Waals surface area contributed by atoms with E-state index in [-0.39, 0.29) is 0 Å². The normalized spacial score (nSPS) is 10.8. The van der Waals surface area contributed by atoms with Gasteiger partial charge in [-0.1, -0.05) is 12.1 Å². The van der Waals surface area contributed by atoms with Gasteiger partial charge in [0.15, 0.2) is 0 Å². The fourth-order valence-corrected chi connectivity index (χ4v) is 2.55. The smallest absolute Gasteiger partial charge is 0.110 e. The van der Waals surface area contributed by atoms with Gasteiger partial charge in [0.05, 0.1) is 0 Å². The molecule has 3 N–H and O–H groups in total. The highest BCUT2D eigenvalue weighted by Gasteiger charge is 2.09. The van der Waals surface area contributed by atoms with Crippen molar-refractivity contribution in [2.75, 3.05) is 12.8 Å². The van der Waals surface area contributed by atoms with Crippen LogP contribution in [0.4, 0.5) is 0 Å². The molecule has 2 rings (SSSR count). The van der Waals surface area contributed by atoms with Crippen LogP contribution in [0.1, 0.15) is 5.82 Å². The molecule has 5 heteroatoms. The van der Waals surface area contributed by atoms with E-state index in [2.05, 4.69) is 56.4 Å². The maximum absolute atomic E-state index is 5.52. The fraction of sp³-hybridized carbons (Fsp3) is 0.250. The molecule has 0 unspecified atom stereocenters. The summed E-state index contributed by atoms with van der Waals surface area (Å²) in [6.45, 7) is 0.602. The molecule has 17 heavy (non-hydrogen) atoms. The monoisotopic (exact) mass is 311 g/mol. The van der Waals surface area contributed by atoms with Crippen molar-refractivity contribution in [3.05, 3.63) is 34.7 Å². The van der Waals surface area contributed by atoms with E-state index in [1.54, 1.807) is 11.8 Å². The molecule has 0 aliphatic carbocycles. The zero-order valence-corrected chi connectivity index (χ0v) is 11.9. The summed E-state index contributed by atoms with van der Waals surface area (Å²) in [5, 5.41) is 0. The summed E-state index contributed by atoms with van der Waals surface area (Å²) >= 11 is 5.23. The fourth-order valence-electron chi connectivity index (χ4n) is 1.59. The maximum atomic E-state index is 5.52. The molecule has 90 valence electrons. The first-order valence-electron chi connectivity index (χ1n) is 5.33. The van der Waals surface area contributed by atoms with Crippen LogP contribution in [0.15, 0.2) is 33.8 Å². The van der Waals surface area contributed by atoms with E-state index >= 15 is 0 Å². The summed E-state index contributed by atoms with van der Waals surface area (Å²) in [6, 6.07) is 8.37. The van der Waals surface area contributed by atoms with Crippen LogP contribution in [-0.4, -0.2) is 22.8 Å². The van der Waals surface area contributed by atoms with Crippen LogP contribution in [0.3, 0.4) is 0 Å². The first kappa shape index (κ1) is 12.7. The third-order valence-electron chi connectivity index (χ3n) is 2.45. The molecule has 3 nitrogen and oxygen atoms in total. The Morgan fingerprint density at radius 1 is 1.35 bits per heavy atom. The van der Waals surface area contributed by atoms with E-state index in [0.29, 0.717) is 6.54 Å².